The van der Waals surface area contributed by atoms with E-state index in [2.05, 4.69) is 11.7 Å². The predicted octanol–water partition coefficient (Wildman–Crippen LogP) is 1.07. The van der Waals surface area contributed by atoms with Crippen molar-refractivity contribution in [2.75, 3.05) is 19.8 Å². The molecule has 0 bridgehead atoms. The van der Waals surface area contributed by atoms with Crippen molar-refractivity contribution in [1.29, 1.82) is 0 Å². The third-order valence-corrected chi connectivity index (χ3v) is 1.82. The Kier molecular flexibility index (Phi) is 9.21. The molecule has 0 aromatic carbocycles. The van der Waals surface area contributed by atoms with Gasteiger partial charge in [-0.3, -0.25) is 0 Å². The summed E-state index contributed by atoms with van der Waals surface area (Å²) in [6.07, 6.45) is 2.29. The molecule has 0 spiro atoms. The van der Waals surface area contributed by atoms with Crippen LogP contribution in [0, 0.1) is 0 Å². The van der Waals surface area contributed by atoms with Crippen LogP contribution in [0.15, 0.2) is 0 Å². The zero-order chi connectivity index (χ0) is 11.5. The van der Waals surface area contributed by atoms with Gasteiger partial charge in [0.15, 0.2) is 0 Å². The van der Waals surface area contributed by atoms with Gasteiger partial charge in [-0.15, -0.1) is 0 Å². The maximum absolute atomic E-state index is 10.9. The molecule has 90 valence electrons. The Morgan fingerprint density at radius 1 is 1.27 bits per heavy atom. The van der Waals surface area contributed by atoms with Gasteiger partial charge in [0.25, 0.3) is 0 Å². The number of aliphatic hydroxyl groups is 2. The van der Waals surface area contributed by atoms with Crippen LogP contribution in [0.2, 0.25) is 0 Å². The molecule has 0 amide bonds. The zero-order valence-corrected chi connectivity index (χ0v) is 9.15. The molecule has 5 nitrogen and oxygen atoms in total. The standard InChI is InChI=1S/C10H20O5/c1-2-3-4-5-6-14-10(13)15-8-9(12)7-11/h9,11-12H,2-8H2,1H3. The summed E-state index contributed by atoms with van der Waals surface area (Å²) >= 11 is 0. The molecule has 0 heterocycles. The van der Waals surface area contributed by atoms with Gasteiger partial charge in [0.2, 0.25) is 0 Å². The van der Waals surface area contributed by atoms with Crippen molar-refractivity contribution in [3.8, 4) is 0 Å². The number of hydrogen-bond donors (Lipinski definition) is 2. The van der Waals surface area contributed by atoms with Crippen LogP contribution in [0.1, 0.15) is 32.6 Å². The van der Waals surface area contributed by atoms with E-state index in [1.165, 1.54) is 0 Å². The Hall–Kier alpha value is -0.810. The number of rotatable bonds is 8. The first-order chi connectivity index (χ1) is 7.20. The third-order valence-electron chi connectivity index (χ3n) is 1.82. The molecule has 2 N–H and O–H groups in total. The summed E-state index contributed by atoms with van der Waals surface area (Å²) in [5, 5.41) is 17.3. The SMILES string of the molecule is CCCCCCOC(=O)OCC(O)CO. The quantitative estimate of drug-likeness (QED) is 0.472. The lowest BCUT2D eigenvalue weighted by Crippen LogP contribution is -2.22. The predicted molar refractivity (Wildman–Crippen MR) is 54.5 cm³/mol. The van der Waals surface area contributed by atoms with Crippen LogP contribution in [0.3, 0.4) is 0 Å². The van der Waals surface area contributed by atoms with Crippen molar-refractivity contribution < 1.29 is 24.5 Å². The van der Waals surface area contributed by atoms with Gasteiger partial charge in [-0.1, -0.05) is 26.2 Å². The van der Waals surface area contributed by atoms with E-state index in [0.29, 0.717) is 6.61 Å². The minimum Gasteiger partial charge on any atom is -0.434 e. The van der Waals surface area contributed by atoms with Gasteiger partial charge in [-0.25, -0.2) is 4.79 Å². The summed E-state index contributed by atoms with van der Waals surface area (Å²) in [6.45, 7) is 1.79. The van der Waals surface area contributed by atoms with Crippen molar-refractivity contribution in [1.82, 2.24) is 0 Å². The Bertz CT molecular complexity index is 160. The van der Waals surface area contributed by atoms with Crippen LogP contribution < -0.4 is 0 Å². The van der Waals surface area contributed by atoms with Gasteiger partial charge in [-0.2, -0.15) is 0 Å². The number of carbonyl (C=O) groups excluding carboxylic acids is 1. The Balaban J connectivity index is 3.26. The highest BCUT2D eigenvalue weighted by atomic mass is 16.7. The molecule has 5 heteroatoms. The van der Waals surface area contributed by atoms with Crippen LogP contribution in [0.5, 0.6) is 0 Å². The summed E-state index contributed by atoms with van der Waals surface area (Å²) in [4.78, 5) is 10.9. The van der Waals surface area contributed by atoms with Crippen molar-refractivity contribution >= 4 is 6.16 Å². The number of ether oxygens (including phenoxy) is 2. The van der Waals surface area contributed by atoms with Crippen molar-refractivity contribution in [3.05, 3.63) is 0 Å². The van der Waals surface area contributed by atoms with Crippen molar-refractivity contribution in [2.24, 2.45) is 0 Å². The lowest BCUT2D eigenvalue weighted by atomic mass is 10.2. The second kappa shape index (κ2) is 9.73. The average molecular weight is 220 g/mol. The van der Waals surface area contributed by atoms with Crippen LogP contribution in [-0.2, 0) is 9.47 Å². The van der Waals surface area contributed by atoms with Gasteiger partial charge in [0.05, 0.1) is 13.2 Å². The highest BCUT2D eigenvalue weighted by molar-refractivity contribution is 5.59. The van der Waals surface area contributed by atoms with E-state index < -0.39 is 18.9 Å². The van der Waals surface area contributed by atoms with Gasteiger partial charge in [0, 0.05) is 0 Å². The second-order valence-electron chi connectivity index (χ2n) is 3.31. The molecule has 0 saturated carbocycles. The minimum absolute atomic E-state index is 0.232. The molecule has 1 unspecified atom stereocenters. The van der Waals surface area contributed by atoms with Gasteiger partial charge in [-0.05, 0) is 6.42 Å². The van der Waals surface area contributed by atoms with Crippen LogP contribution in [0.25, 0.3) is 0 Å². The van der Waals surface area contributed by atoms with Gasteiger partial charge >= 0.3 is 6.16 Å². The molecular weight excluding hydrogens is 200 g/mol. The minimum atomic E-state index is -1.03. The van der Waals surface area contributed by atoms with E-state index in [1.54, 1.807) is 0 Å². The number of carbonyl (C=O) groups is 1. The summed E-state index contributed by atoms with van der Waals surface area (Å²) in [7, 11) is 0. The van der Waals surface area contributed by atoms with E-state index in [-0.39, 0.29) is 6.61 Å². The molecule has 0 fully saturated rings. The van der Waals surface area contributed by atoms with E-state index in [9.17, 15) is 4.79 Å². The monoisotopic (exact) mass is 220 g/mol. The smallest absolute Gasteiger partial charge is 0.434 e. The second-order valence-corrected chi connectivity index (χ2v) is 3.31. The van der Waals surface area contributed by atoms with Gasteiger partial charge in [0.1, 0.15) is 12.7 Å². The summed E-state index contributed by atoms with van der Waals surface area (Å²) < 4.78 is 9.26. The van der Waals surface area contributed by atoms with Crippen molar-refractivity contribution in [2.45, 2.75) is 38.7 Å². The van der Waals surface area contributed by atoms with Crippen molar-refractivity contribution in [3.63, 3.8) is 0 Å². The molecule has 0 aliphatic rings. The Morgan fingerprint density at radius 2 is 2.00 bits per heavy atom. The molecule has 15 heavy (non-hydrogen) atoms. The van der Waals surface area contributed by atoms with E-state index in [0.717, 1.165) is 25.7 Å². The Morgan fingerprint density at radius 3 is 2.60 bits per heavy atom. The fraction of sp³-hybridized carbons (Fsp3) is 0.900. The largest absolute Gasteiger partial charge is 0.508 e. The molecule has 0 radical (unpaired) electrons. The lowest BCUT2D eigenvalue weighted by Gasteiger charge is -2.08. The summed E-state index contributed by atoms with van der Waals surface area (Å²) in [6, 6.07) is 0. The fourth-order valence-corrected chi connectivity index (χ4v) is 0.943. The van der Waals surface area contributed by atoms with Crippen LogP contribution in [0.4, 0.5) is 4.79 Å². The number of hydrogen-bond acceptors (Lipinski definition) is 5. The Labute approximate surface area is 90.0 Å². The highest BCUT2D eigenvalue weighted by Crippen LogP contribution is 1.99. The fourth-order valence-electron chi connectivity index (χ4n) is 0.943. The highest BCUT2D eigenvalue weighted by Gasteiger charge is 2.07. The zero-order valence-electron chi connectivity index (χ0n) is 9.15. The normalized spacial score (nSPS) is 12.2. The maximum Gasteiger partial charge on any atom is 0.508 e. The first-order valence-electron chi connectivity index (χ1n) is 5.29. The molecule has 0 saturated heterocycles. The molecule has 0 aliphatic carbocycles. The molecule has 0 aliphatic heterocycles. The maximum atomic E-state index is 10.9. The van der Waals surface area contributed by atoms with E-state index in [4.69, 9.17) is 14.9 Å². The lowest BCUT2D eigenvalue weighted by molar-refractivity contribution is 0.000391. The topological polar surface area (TPSA) is 76.0 Å². The molecule has 1 atom stereocenters. The molecule has 0 aromatic heterocycles. The molecule has 0 aromatic rings. The first-order valence-corrected chi connectivity index (χ1v) is 5.29. The van der Waals surface area contributed by atoms with E-state index >= 15 is 0 Å². The molecule has 0 rings (SSSR count). The van der Waals surface area contributed by atoms with Gasteiger partial charge < -0.3 is 19.7 Å². The third kappa shape index (κ3) is 9.49. The number of unbranched alkanes of at least 4 members (excludes halogenated alkanes) is 3. The first kappa shape index (κ1) is 14.2. The summed E-state index contributed by atoms with van der Waals surface area (Å²) in [5.74, 6) is 0. The molecular formula is C10H20O5. The summed E-state index contributed by atoms with van der Waals surface area (Å²) in [5.41, 5.74) is 0. The van der Waals surface area contributed by atoms with Crippen LogP contribution in [-0.4, -0.2) is 42.3 Å². The van der Waals surface area contributed by atoms with Crippen LogP contribution >= 0.6 is 0 Å². The van der Waals surface area contributed by atoms with E-state index in [1.807, 2.05) is 0 Å². The number of aliphatic hydroxyl groups excluding tert-OH is 2. The average Bonchev–Trinajstić information content (AvgIpc) is 2.25.